The van der Waals surface area contributed by atoms with Crippen LogP contribution in [0.4, 0.5) is 0 Å². The Balaban J connectivity index is 2.52. The van der Waals surface area contributed by atoms with Gasteiger partial charge in [-0.2, -0.15) is 4.98 Å². The van der Waals surface area contributed by atoms with E-state index in [2.05, 4.69) is 41.8 Å². The number of hydrogen-bond donors (Lipinski definition) is 2. The first-order chi connectivity index (χ1) is 9.02. The van der Waals surface area contributed by atoms with Gasteiger partial charge in [-0.3, -0.25) is 4.79 Å². The molecule has 0 aliphatic heterocycles. The molecule has 1 aromatic heterocycles. The van der Waals surface area contributed by atoms with E-state index in [9.17, 15) is 9.90 Å². The second-order valence-electron chi connectivity index (χ2n) is 4.10. The molecule has 0 atom stereocenters. The zero-order valence-electron chi connectivity index (χ0n) is 10.2. The lowest BCUT2D eigenvalue weighted by Crippen LogP contribution is -2.15. The van der Waals surface area contributed by atoms with Crippen LogP contribution in [-0.2, 0) is 6.42 Å². The normalized spacial score (nSPS) is 10.7. The second kappa shape index (κ2) is 5.88. The van der Waals surface area contributed by atoms with Gasteiger partial charge < -0.3 is 10.1 Å². The molecule has 0 aliphatic rings. The number of hydrogen-bond acceptors (Lipinski definition) is 3. The molecule has 100 valence electrons. The van der Waals surface area contributed by atoms with Gasteiger partial charge in [-0.15, -0.1) is 0 Å². The number of aromatic hydroxyl groups is 1. The van der Waals surface area contributed by atoms with Crippen LogP contribution in [0, 0.1) is 0 Å². The maximum atomic E-state index is 11.9. The molecule has 2 aromatic rings. The fourth-order valence-corrected chi connectivity index (χ4v) is 2.37. The molecule has 0 radical (unpaired) electrons. The van der Waals surface area contributed by atoms with Crippen molar-refractivity contribution >= 4 is 31.9 Å². The first-order valence-corrected chi connectivity index (χ1v) is 7.39. The van der Waals surface area contributed by atoms with Crippen LogP contribution in [0.2, 0.25) is 0 Å². The molecular formula is C13H12Br2N2O2. The molecule has 2 N–H and O–H groups in total. The van der Waals surface area contributed by atoms with E-state index in [1.807, 2.05) is 25.1 Å². The van der Waals surface area contributed by atoms with Gasteiger partial charge in [0.15, 0.2) is 0 Å². The number of nitrogens with zero attached hydrogens (tertiary/aromatic N) is 1. The summed E-state index contributed by atoms with van der Waals surface area (Å²) >= 11 is 6.76. The topological polar surface area (TPSA) is 66.0 Å². The van der Waals surface area contributed by atoms with Gasteiger partial charge in [0, 0.05) is 14.5 Å². The molecule has 0 saturated heterocycles. The van der Waals surface area contributed by atoms with Crippen molar-refractivity contribution < 1.29 is 5.11 Å². The van der Waals surface area contributed by atoms with E-state index in [4.69, 9.17) is 0 Å². The summed E-state index contributed by atoms with van der Waals surface area (Å²) in [6.07, 6.45) is 1.29. The van der Waals surface area contributed by atoms with Crippen LogP contribution in [0.5, 0.6) is 5.88 Å². The Kier molecular flexibility index (Phi) is 4.42. The van der Waals surface area contributed by atoms with Crippen LogP contribution >= 0.6 is 31.9 Å². The van der Waals surface area contributed by atoms with Gasteiger partial charge >= 0.3 is 0 Å². The van der Waals surface area contributed by atoms with Crippen LogP contribution < -0.4 is 5.56 Å². The summed E-state index contributed by atoms with van der Waals surface area (Å²) in [6.45, 7) is 1.94. The standard InChI is InChI=1S/C13H12Br2N2O2/c1-2-3-8-12(18)16-11(17-13(8)19)7-4-5-9(14)10(15)6-7/h4-6H,2-3H2,1H3,(H2,16,17,18,19). The molecule has 1 heterocycles. The molecule has 0 amide bonds. The smallest absolute Gasteiger partial charge is 0.258 e. The quantitative estimate of drug-likeness (QED) is 0.845. The van der Waals surface area contributed by atoms with Crippen LogP contribution in [-0.4, -0.2) is 15.1 Å². The summed E-state index contributed by atoms with van der Waals surface area (Å²) in [5, 5.41) is 9.84. The zero-order chi connectivity index (χ0) is 14.0. The third kappa shape index (κ3) is 3.06. The Morgan fingerprint density at radius 2 is 2.05 bits per heavy atom. The monoisotopic (exact) mass is 386 g/mol. The van der Waals surface area contributed by atoms with Crippen molar-refractivity contribution in [1.29, 1.82) is 0 Å². The molecule has 0 unspecified atom stereocenters. The maximum Gasteiger partial charge on any atom is 0.258 e. The Morgan fingerprint density at radius 1 is 1.32 bits per heavy atom. The first kappa shape index (κ1) is 14.3. The maximum absolute atomic E-state index is 11.9. The van der Waals surface area contributed by atoms with Crippen LogP contribution in [0.15, 0.2) is 31.9 Å². The molecule has 0 saturated carbocycles. The Morgan fingerprint density at radius 3 is 2.63 bits per heavy atom. The largest absolute Gasteiger partial charge is 0.493 e. The number of halogens is 2. The van der Waals surface area contributed by atoms with Crippen molar-refractivity contribution in [2.24, 2.45) is 0 Å². The van der Waals surface area contributed by atoms with Crippen molar-refractivity contribution in [1.82, 2.24) is 9.97 Å². The number of nitrogens with one attached hydrogen (secondary N) is 1. The summed E-state index contributed by atoms with van der Waals surface area (Å²) in [4.78, 5) is 18.7. The highest BCUT2D eigenvalue weighted by atomic mass is 79.9. The Hall–Kier alpha value is -1.14. The third-order valence-corrected chi connectivity index (χ3v) is 4.57. The predicted octanol–water partition coefficient (Wildman–Crippen LogP) is 3.62. The third-order valence-electron chi connectivity index (χ3n) is 2.69. The zero-order valence-corrected chi connectivity index (χ0v) is 13.4. The van der Waals surface area contributed by atoms with Crippen molar-refractivity contribution in [2.45, 2.75) is 19.8 Å². The van der Waals surface area contributed by atoms with E-state index in [-0.39, 0.29) is 11.4 Å². The van der Waals surface area contributed by atoms with Crippen molar-refractivity contribution in [2.75, 3.05) is 0 Å². The number of benzene rings is 1. The summed E-state index contributed by atoms with van der Waals surface area (Å²) in [5.41, 5.74) is 0.774. The average Bonchev–Trinajstić information content (AvgIpc) is 2.37. The minimum atomic E-state index is -0.289. The van der Waals surface area contributed by atoms with E-state index >= 15 is 0 Å². The van der Waals surface area contributed by atoms with Gasteiger partial charge in [0.25, 0.3) is 5.56 Å². The molecule has 6 heteroatoms. The molecule has 0 aliphatic carbocycles. The van der Waals surface area contributed by atoms with Gasteiger partial charge in [0.2, 0.25) is 5.88 Å². The van der Waals surface area contributed by atoms with Crippen molar-refractivity contribution in [3.05, 3.63) is 43.1 Å². The lowest BCUT2D eigenvalue weighted by Gasteiger charge is -2.06. The molecule has 4 nitrogen and oxygen atoms in total. The average molecular weight is 388 g/mol. The van der Waals surface area contributed by atoms with E-state index in [1.54, 1.807) is 0 Å². The van der Waals surface area contributed by atoms with Gasteiger partial charge in [-0.05, 0) is 50.4 Å². The minimum Gasteiger partial charge on any atom is -0.493 e. The highest BCUT2D eigenvalue weighted by molar-refractivity contribution is 9.13. The lowest BCUT2D eigenvalue weighted by molar-refractivity contribution is 0.443. The second-order valence-corrected chi connectivity index (χ2v) is 5.80. The molecule has 1 aromatic carbocycles. The molecule has 0 bridgehead atoms. The number of H-pyrrole nitrogens is 1. The van der Waals surface area contributed by atoms with E-state index in [0.29, 0.717) is 17.8 Å². The molecule has 0 spiro atoms. The SMILES string of the molecule is CCCc1c(O)nc(-c2ccc(Br)c(Br)c2)[nH]c1=O. The predicted molar refractivity (Wildman–Crippen MR) is 81.4 cm³/mol. The number of rotatable bonds is 3. The van der Waals surface area contributed by atoms with E-state index < -0.39 is 0 Å². The lowest BCUT2D eigenvalue weighted by atomic mass is 10.1. The van der Waals surface area contributed by atoms with E-state index in [1.165, 1.54) is 0 Å². The summed E-state index contributed by atoms with van der Waals surface area (Å²) in [5.74, 6) is 0.162. The number of aromatic amines is 1. The van der Waals surface area contributed by atoms with Gasteiger partial charge in [-0.25, -0.2) is 0 Å². The van der Waals surface area contributed by atoms with E-state index in [0.717, 1.165) is 20.9 Å². The van der Waals surface area contributed by atoms with Gasteiger partial charge in [0.1, 0.15) is 5.82 Å². The fourth-order valence-electron chi connectivity index (χ4n) is 1.74. The summed E-state index contributed by atoms with van der Waals surface area (Å²) in [6, 6.07) is 5.48. The summed E-state index contributed by atoms with van der Waals surface area (Å²) < 4.78 is 1.76. The highest BCUT2D eigenvalue weighted by Crippen LogP contribution is 2.28. The molecule has 0 fully saturated rings. The highest BCUT2D eigenvalue weighted by Gasteiger charge is 2.11. The fraction of sp³-hybridized carbons (Fsp3) is 0.231. The first-order valence-electron chi connectivity index (χ1n) is 5.80. The minimum absolute atomic E-state index is 0.195. The molecular weight excluding hydrogens is 376 g/mol. The van der Waals surface area contributed by atoms with Crippen LogP contribution in [0.25, 0.3) is 11.4 Å². The number of aromatic nitrogens is 2. The van der Waals surface area contributed by atoms with Gasteiger partial charge in [-0.1, -0.05) is 19.4 Å². The Bertz CT molecular complexity index is 668. The van der Waals surface area contributed by atoms with Gasteiger partial charge in [0.05, 0.1) is 5.56 Å². The van der Waals surface area contributed by atoms with Crippen molar-refractivity contribution in [3.63, 3.8) is 0 Å². The molecule has 2 rings (SSSR count). The van der Waals surface area contributed by atoms with Crippen LogP contribution in [0.1, 0.15) is 18.9 Å². The molecule has 19 heavy (non-hydrogen) atoms. The summed E-state index contributed by atoms with van der Waals surface area (Å²) in [7, 11) is 0. The van der Waals surface area contributed by atoms with Crippen molar-refractivity contribution in [3.8, 4) is 17.3 Å². The van der Waals surface area contributed by atoms with Crippen LogP contribution in [0.3, 0.4) is 0 Å². The Labute approximate surface area is 127 Å².